The number of alkyl halides is 3. The molecule has 0 aliphatic rings. The topological polar surface area (TPSA) is 52.3 Å². The number of hydrogen-bond acceptors (Lipinski definition) is 5. The van der Waals surface area contributed by atoms with Crippen LogP contribution in [0.15, 0.2) is 66.2 Å². The minimum absolute atomic E-state index is 0.329. The van der Waals surface area contributed by atoms with Gasteiger partial charge in [0.15, 0.2) is 10.8 Å². The Morgan fingerprint density at radius 1 is 1.10 bits per heavy atom. The summed E-state index contributed by atoms with van der Waals surface area (Å²) in [4.78, 5) is 4.05. The molecule has 0 radical (unpaired) electrons. The fourth-order valence-corrected chi connectivity index (χ4v) is 3.81. The molecular weight excluding hydrogens is 437 g/mol. The van der Waals surface area contributed by atoms with Crippen molar-refractivity contribution in [2.24, 2.45) is 0 Å². The summed E-state index contributed by atoms with van der Waals surface area (Å²) in [5, 5.41) is 8.81. The van der Waals surface area contributed by atoms with Crippen LogP contribution in [-0.2, 0) is 18.5 Å². The highest BCUT2D eigenvalue weighted by atomic mass is 35.5. The Hall–Kier alpha value is -2.78. The van der Waals surface area contributed by atoms with Crippen LogP contribution < -0.4 is 4.74 Å². The van der Waals surface area contributed by atoms with Gasteiger partial charge >= 0.3 is 6.18 Å². The van der Waals surface area contributed by atoms with Gasteiger partial charge in [0, 0.05) is 40.5 Å². The molecule has 0 saturated carbocycles. The van der Waals surface area contributed by atoms with Gasteiger partial charge in [-0.15, -0.1) is 10.2 Å². The minimum Gasteiger partial charge on any atom is -0.489 e. The molecule has 0 N–H and O–H groups in total. The summed E-state index contributed by atoms with van der Waals surface area (Å²) in [6.07, 6.45) is -0.0536. The van der Waals surface area contributed by atoms with Gasteiger partial charge in [-0.05, 0) is 36.4 Å². The SMILES string of the molecule is FC(F)(F)c1ccc2nnc(SCc3cc(Cl)ccc3OCc3cccnc3)n2c1. The number of halogens is 4. The smallest absolute Gasteiger partial charge is 0.417 e. The van der Waals surface area contributed by atoms with Crippen molar-refractivity contribution in [1.82, 2.24) is 19.6 Å². The van der Waals surface area contributed by atoms with Crippen molar-refractivity contribution in [3.63, 3.8) is 0 Å². The number of fused-ring (bicyclic) bond motifs is 1. The molecule has 0 aliphatic heterocycles. The molecule has 0 saturated heterocycles. The van der Waals surface area contributed by atoms with Gasteiger partial charge in [-0.3, -0.25) is 9.38 Å². The molecule has 3 heterocycles. The molecule has 0 fully saturated rings. The van der Waals surface area contributed by atoms with Crippen LogP contribution in [0.2, 0.25) is 5.02 Å². The van der Waals surface area contributed by atoms with Crippen molar-refractivity contribution in [1.29, 1.82) is 0 Å². The minimum atomic E-state index is -4.44. The van der Waals surface area contributed by atoms with Gasteiger partial charge < -0.3 is 4.74 Å². The molecule has 1 aromatic carbocycles. The predicted octanol–water partition coefficient (Wildman–Crippen LogP) is 5.67. The first-order chi connectivity index (χ1) is 14.4. The average Bonchev–Trinajstić information content (AvgIpc) is 3.14. The van der Waals surface area contributed by atoms with E-state index in [0.717, 1.165) is 23.4 Å². The summed E-state index contributed by atoms with van der Waals surface area (Å²) in [5.41, 5.74) is 1.28. The molecule has 30 heavy (non-hydrogen) atoms. The summed E-state index contributed by atoms with van der Waals surface area (Å²) in [6.45, 7) is 0.329. The highest BCUT2D eigenvalue weighted by Gasteiger charge is 2.31. The van der Waals surface area contributed by atoms with Crippen molar-refractivity contribution in [2.45, 2.75) is 23.7 Å². The maximum atomic E-state index is 13.0. The number of hydrogen-bond donors (Lipinski definition) is 0. The summed E-state index contributed by atoms with van der Waals surface area (Å²) in [5.74, 6) is 1.01. The third-order valence-corrected chi connectivity index (χ3v) is 5.42. The molecule has 4 rings (SSSR count). The number of aromatic nitrogens is 4. The highest BCUT2D eigenvalue weighted by molar-refractivity contribution is 7.98. The normalized spacial score (nSPS) is 11.7. The van der Waals surface area contributed by atoms with Gasteiger partial charge in [-0.1, -0.05) is 29.4 Å². The lowest BCUT2D eigenvalue weighted by atomic mass is 10.2. The second-order valence-corrected chi connectivity index (χ2v) is 7.70. The fourth-order valence-electron chi connectivity index (χ4n) is 2.72. The Morgan fingerprint density at radius 2 is 1.97 bits per heavy atom. The number of benzene rings is 1. The Morgan fingerprint density at radius 3 is 2.73 bits per heavy atom. The van der Waals surface area contributed by atoms with E-state index in [4.69, 9.17) is 16.3 Å². The second-order valence-electron chi connectivity index (χ2n) is 6.32. The van der Waals surface area contributed by atoms with E-state index in [9.17, 15) is 13.2 Å². The molecular formula is C20H14ClF3N4OS. The first kappa shape index (κ1) is 20.5. The Kier molecular flexibility index (Phi) is 5.83. The lowest BCUT2D eigenvalue weighted by molar-refractivity contribution is -0.137. The largest absolute Gasteiger partial charge is 0.489 e. The lowest BCUT2D eigenvalue weighted by Crippen LogP contribution is -2.06. The second kappa shape index (κ2) is 8.53. The van der Waals surface area contributed by atoms with Crippen LogP contribution in [0.5, 0.6) is 5.75 Å². The molecule has 0 unspecified atom stereocenters. The summed E-state index contributed by atoms with van der Waals surface area (Å²) < 4.78 is 46.3. The van der Waals surface area contributed by atoms with E-state index in [-0.39, 0.29) is 0 Å². The van der Waals surface area contributed by atoms with Crippen LogP contribution in [-0.4, -0.2) is 19.6 Å². The van der Waals surface area contributed by atoms with E-state index in [1.807, 2.05) is 12.1 Å². The molecule has 0 bridgehead atoms. The molecule has 0 spiro atoms. The molecule has 3 aromatic heterocycles. The van der Waals surface area contributed by atoms with E-state index in [0.29, 0.717) is 33.9 Å². The quantitative estimate of drug-likeness (QED) is 0.354. The third-order valence-electron chi connectivity index (χ3n) is 4.19. The van der Waals surface area contributed by atoms with E-state index in [1.165, 1.54) is 22.2 Å². The van der Waals surface area contributed by atoms with Gasteiger partial charge in [0.1, 0.15) is 12.4 Å². The zero-order chi connectivity index (χ0) is 21.1. The molecule has 154 valence electrons. The molecule has 10 heteroatoms. The monoisotopic (exact) mass is 450 g/mol. The van der Waals surface area contributed by atoms with Crippen LogP contribution in [0.25, 0.3) is 5.65 Å². The Labute approximate surface area is 178 Å². The lowest BCUT2D eigenvalue weighted by Gasteiger charge is -2.12. The Bertz CT molecular complexity index is 1170. The van der Waals surface area contributed by atoms with Gasteiger partial charge in [-0.2, -0.15) is 13.2 Å². The highest BCUT2D eigenvalue weighted by Crippen LogP contribution is 2.32. The Balaban J connectivity index is 1.54. The van der Waals surface area contributed by atoms with Crippen LogP contribution in [0.1, 0.15) is 16.7 Å². The van der Waals surface area contributed by atoms with Crippen LogP contribution in [0.4, 0.5) is 13.2 Å². The summed E-state index contributed by atoms with van der Waals surface area (Å²) in [6, 6.07) is 11.2. The first-order valence-electron chi connectivity index (χ1n) is 8.75. The maximum Gasteiger partial charge on any atom is 0.417 e. The fraction of sp³-hybridized carbons (Fsp3) is 0.150. The zero-order valence-corrected chi connectivity index (χ0v) is 16.9. The van der Waals surface area contributed by atoms with E-state index in [2.05, 4.69) is 15.2 Å². The zero-order valence-electron chi connectivity index (χ0n) is 15.3. The molecule has 0 atom stereocenters. The van der Waals surface area contributed by atoms with Crippen LogP contribution in [0.3, 0.4) is 0 Å². The number of nitrogens with zero attached hydrogens (tertiary/aromatic N) is 4. The van der Waals surface area contributed by atoms with Crippen LogP contribution in [0, 0.1) is 0 Å². The van der Waals surface area contributed by atoms with Crippen molar-refractivity contribution in [2.75, 3.05) is 0 Å². The molecule has 0 amide bonds. The van der Waals surface area contributed by atoms with E-state index in [1.54, 1.807) is 30.6 Å². The van der Waals surface area contributed by atoms with E-state index >= 15 is 0 Å². The van der Waals surface area contributed by atoms with Crippen molar-refractivity contribution in [3.8, 4) is 5.75 Å². The van der Waals surface area contributed by atoms with Gasteiger partial charge in [0.2, 0.25) is 0 Å². The number of ether oxygens (including phenoxy) is 1. The third kappa shape index (κ3) is 4.68. The number of rotatable bonds is 6. The summed E-state index contributed by atoms with van der Waals surface area (Å²) >= 11 is 7.37. The standard InChI is InChI=1S/C20H14ClF3N4OS/c21-16-4-5-17(29-11-13-2-1-7-25-9-13)14(8-16)12-30-19-27-26-18-6-3-15(10-28(18)19)20(22,23)24/h1-10H,11-12H2. The van der Waals surface area contributed by atoms with Gasteiger partial charge in [-0.25, -0.2) is 0 Å². The summed E-state index contributed by atoms with van der Waals surface area (Å²) in [7, 11) is 0. The maximum absolute atomic E-state index is 13.0. The van der Waals surface area contributed by atoms with Crippen molar-refractivity contribution >= 4 is 29.0 Å². The molecule has 0 aliphatic carbocycles. The first-order valence-corrected chi connectivity index (χ1v) is 10.1. The number of pyridine rings is 2. The number of thioether (sulfide) groups is 1. The van der Waals surface area contributed by atoms with Crippen molar-refractivity contribution < 1.29 is 17.9 Å². The van der Waals surface area contributed by atoms with Crippen molar-refractivity contribution in [3.05, 3.63) is 82.8 Å². The van der Waals surface area contributed by atoms with Crippen LogP contribution >= 0.6 is 23.4 Å². The molecule has 5 nitrogen and oxygen atoms in total. The van der Waals surface area contributed by atoms with E-state index < -0.39 is 11.7 Å². The van der Waals surface area contributed by atoms with Gasteiger partial charge in [0.05, 0.1) is 5.56 Å². The molecule has 4 aromatic rings. The predicted molar refractivity (Wildman–Crippen MR) is 108 cm³/mol. The average molecular weight is 451 g/mol. The van der Waals surface area contributed by atoms with Gasteiger partial charge in [0.25, 0.3) is 0 Å².